The number of piperidine rings is 1. The smallest absolute Gasteiger partial charge is 0.224 e. The van der Waals surface area contributed by atoms with Gasteiger partial charge in [-0.15, -0.1) is 0 Å². The number of aryl methyl sites for hydroxylation is 1. The molecule has 210 valence electrons. The van der Waals surface area contributed by atoms with Crippen LogP contribution in [-0.4, -0.2) is 60.3 Å². The van der Waals surface area contributed by atoms with Gasteiger partial charge < -0.3 is 24.7 Å². The van der Waals surface area contributed by atoms with Crippen LogP contribution in [0.3, 0.4) is 0 Å². The van der Waals surface area contributed by atoms with Gasteiger partial charge in [-0.1, -0.05) is 54.6 Å². The van der Waals surface area contributed by atoms with Crippen LogP contribution in [0.2, 0.25) is 0 Å². The van der Waals surface area contributed by atoms with Gasteiger partial charge in [0.25, 0.3) is 0 Å². The maximum absolute atomic E-state index is 13.3. The third-order valence-electron chi connectivity index (χ3n) is 7.86. The lowest BCUT2D eigenvalue weighted by Crippen LogP contribution is -2.42. The highest BCUT2D eigenvalue weighted by atomic mass is 16.5. The van der Waals surface area contributed by atoms with Gasteiger partial charge in [0.2, 0.25) is 5.91 Å². The minimum atomic E-state index is -0.233. The average molecular weight is 541 g/mol. The Balaban J connectivity index is 1.21. The number of fused-ring (bicyclic) bond motifs is 1. The van der Waals surface area contributed by atoms with Crippen LogP contribution < -0.4 is 10.5 Å². The van der Waals surface area contributed by atoms with Gasteiger partial charge in [-0.25, -0.2) is 4.98 Å². The number of ether oxygens (including phenoxy) is 2. The number of methoxy groups -OCH3 is 2. The number of nitrogens with two attached hydrogens (primary N) is 1. The summed E-state index contributed by atoms with van der Waals surface area (Å²) in [6.07, 6.45) is 3.92. The molecule has 2 N–H and O–H groups in total. The van der Waals surface area contributed by atoms with Crippen LogP contribution >= 0.6 is 0 Å². The molecule has 1 fully saturated rings. The number of aromatic nitrogens is 2. The molecule has 5 rings (SSSR count). The number of hydrogen-bond donors (Lipinski definition) is 1. The number of likely N-dealkylation sites (tertiary alicyclic amines) is 1. The number of para-hydroxylation sites is 3. The van der Waals surface area contributed by atoms with Gasteiger partial charge in [0.1, 0.15) is 11.6 Å². The first kappa shape index (κ1) is 27.9. The number of hydrogen-bond acceptors (Lipinski definition) is 5. The molecule has 1 amide bonds. The summed E-state index contributed by atoms with van der Waals surface area (Å²) in [5, 5.41) is 0. The van der Waals surface area contributed by atoms with Crippen LogP contribution in [0.5, 0.6) is 5.75 Å². The van der Waals surface area contributed by atoms with Crippen LogP contribution in [0.1, 0.15) is 43.0 Å². The SMILES string of the molecule is COCCCn1c([C@@H]2CCCN(C(=O)C[C@H](N)Cc3ccc(-c4ccccc4OC)cc3)C2)nc2ccccc21. The summed E-state index contributed by atoms with van der Waals surface area (Å²) >= 11 is 0. The molecule has 7 heteroatoms. The first-order valence-electron chi connectivity index (χ1n) is 14.3. The molecule has 4 aromatic rings. The lowest BCUT2D eigenvalue weighted by molar-refractivity contribution is -0.132. The Morgan fingerprint density at radius 3 is 2.62 bits per heavy atom. The molecule has 1 saturated heterocycles. The van der Waals surface area contributed by atoms with E-state index in [0.717, 1.165) is 71.6 Å². The van der Waals surface area contributed by atoms with Crippen LogP contribution in [0.4, 0.5) is 0 Å². The highest BCUT2D eigenvalue weighted by Gasteiger charge is 2.29. The summed E-state index contributed by atoms with van der Waals surface area (Å²) in [5.41, 5.74) is 11.9. The van der Waals surface area contributed by atoms with Gasteiger partial charge in [0, 0.05) is 57.3 Å². The van der Waals surface area contributed by atoms with Gasteiger partial charge in [0.15, 0.2) is 0 Å². The molecule has 0 spiro atoms. The van der Waals surface area contributed by atoms with Crippen molar-refractivity contribution in [2.75, 3.05) is 33.9 Å². The summed E-state index contributed by atoms with van der Waals surface area (Å²) in [6.45, 7) is 3.03. The van der Waals surface area contributed by atoms with Gasteiger partial charge in [-0.2, -0.15) is 0 Å². The minimum Gasteiger partial charge on any atom is -0.496 e. The maximum Gasteiger partial charge on any atom is 0.224 e. The zero-order chi connectivity index (χ0) is 27.9. The molecule has 1 aromatic heterocycles. The van der Waals surface area contributed by atoms with Crippen molar-refractivity contribution in [3.05, 3.63) is 84.2 Å². The first-order chi connectivity index (χ1) is 19.6. The number of amides is 1. The normalized spacial score (nSPS) is 16.3. The molecule has 0 unspecified atom stereocenters. The Morgan fingerprint density at radius 2 is 1.82 bits per heavy atom. The van der Waals surface area contributed by atoms with Crippen molar-refractivity contribution in [3.63, 3.8) is 0 Å². The van der Waals surface area contributed by atoms with Crippen LogP contribution in [-0.2, 0) is 22.5 Å². The fraction of sp³-hybridized carbons (Fsp3) is 0.394. The van der Waals surface area contributed by atoms with Gasteiger partial charge in [0.05, 0.1) is 18.1 Å². The molecule has 2 heterocycles. The topological polar surface area (TPSA) is 82.6 Å². The summed E-state index contributed by atoms with van der Waals surface area (Å²) in [5.74, 6) is 2.27. The van der Waals surface area contributed by atoms with Crippen molar-refractivity contribution in [3.8, 4) is 16.9 Å². The highest BCUT2D eigenvalue weighted by Crippen LogP contribution is 2.31. The molecule has 40 heavy (non-hydrogen) atoms. The van der Waals surface area contributed by atoms with Gasteiger partial charge >= 0.3 is 0 Å². The summed E-state index contributed by atoms with van der Waals surface area (Å²) < 4.78 is 13.1. The Bertz CT molecular complexity index is 1420. The lowest BCUT2D eigenvalue weighted by atomic mass is 9.95. The summed E-state index contributed by atoms with van der Waals surface area (Å²) in [6, 6.07) is 24.4. The molecular formula is C33H40N4O3. The first-order valence-corrected chi connectivity index (χ1v) is 14.3. The van der Waals surface area contributed by atoms with E-state index < -0.39 is 0 Å². The molecule has 0 radical (unpaired) electrons. The second-order valence-electron chi connectivity index (χ2n) is 10.7. The van der Waals surface area contributed by atoms with E-state index in [9.17, 15) is 4.79 Å². The summed E-state index contributed by atoms with van der Waals surface area (Å²) in [4.78, 5) is 20.4. The molecular weight excluding hydrogens is 500 g/mol. The fourth-order valence-corrected chi connectivity index (χ4v) is 5.85. The van der Waals surface area contributed by atoms with Crippen LogP contribution in [0.25, 0.3) is 22.2 Å². The Labute approximate surface area is 236 Å². The van der Waals surface area contributed by atoms with Crippen molar-refractivity contribution in [2.45, 2.75) is 50.6 Å². The van der Waals surface area contributed by atoms with Crippen molar-refractivity contribution in [2.24, 2.45) is 5.73 Å². The van der Waals surface area contributed by atoms with E-state index in [-0.39, 0.29) is 17.9 Å². The summed E-state index contributed by atoms with van der Waals surface area (Å²) in [7, 11) is 3.42. The van der Waals surface area contributed by atoms with Gasteiger partial charge in [-0.3, -0.25) is 4.79 Å². The molecule has 0 saturated carbocycles. The minimum absolute atomic E-state index is 0.130. The molecule has 3 aromatic carbocycles. The maximum atomic E-state index is 13.3. The number of carbonyl (C=O) groups is 1. The van der Waals surface area contributed by atoms with E-state index in [0.29, 0.717) is 26.0 Å². The largest absolute Gasteiger partial charge is 0.496 e. The number of imidazole rings is 1. The van der Waals surface area contributed by atoms with Crippen molar-refractivity contribution in [1.29, 1.82) is 0 Å². The molecule has 7 nitrogen and oxygen atoms in total. The predicted octanol–water partition coefficient (Wildman–Crippen LogP) is 5.41. The van der Waals surface area contributed by atoms with Crippen molar-refractivity contribution in [1.82, 2.24) is 14.5 Å². The average Bonchev–Trinajstić information content (AvgIpc) is 3.36. The molecule has 1 aliphatic heterocycles. The van der Waals surface area contributed by atoms with Crippen molar-refractivity contribution < 1.29 is 14.3 Å². The molecule has 2 atom stereocenters. The molecule has 0 bridgehead atoms. The zero-order valence-electron chi connectivity index (χ0n) is 23.6. The fourth-order valence-electron chi connectivity index (χ4n) is 5.85. The second-order valence-corrected chi connectivity index (χ2v) is 10.7. The monoisotopic (exact) mass is 540 g/mol. The van der Waals surface area contributed by atoms with Crippen molar-refractivity contribution >= 4 is 16.9 Å². The van der Waals surface area contributed by atoms with Crippen LogP contribution in [0, 0.1) is 0 Å². The number of nitrogens with zero attached hydrogens (tertiary/aromatic N) is 3. The highest BCUT2D eigenvalue weighted by molar-refractivity contribution is 5.78. The zero-order valence-corrected chi connectivity index (χ0v) is 23.6. The predicted molar refractivity (Wildman–Crippen MR) is 160 cm³/mol. The third kappa shape index (κ3) is 6.37. The van der Waals surface area contributed by atoms with E-state index in [1.54, 1.807) is 14.2 Å². The van der Waals surface area contributed by atoms with E-state index >= 15 is 0 Å². The van der Waals surface area contributed by atoms with Gasteiger partial charge in [-0.05, 0) is 55.0 Å². The number of benzene rings is 3. The Kier molecular flexibility index (Phi) is 9.14. The number of rotatable bonds is 11. The Hall–Kier alpha value is -3.68. The number of carbonyl (C=O) groups excluding carboxylic acids is 1. The quantitative estimate of drug-likeness (QED) is 0.257. The Morgan fingerprint density at radius 1 is 1.05 bits per heavy atom. The van der Waals surface area contributed by atoms with E-state index in [1.165, 1.54) is 0 Å². The molecule has 1 aliphatic rings. The van der Waals surface area contributed by atoms with E-state index in [1.807, 2.05) is 29.2 Å². The van der Waals surface area contributed by atoms with Crippen LogP contribution in [0.15, 0.2) is 72.8 Å². The second kappa shape index (κ2) is 13.1. The van der Waals surface area contributed by atoms with E-state index in [2.05, 4.69) is 53.1 Å². The molecule has 0 aliphatic carbocycles. The third-order valence-corrected chi connectivity index (χ3v) is 7.86. The standard InChI is InChI=1S/C33H40N4O3/c1-39-20-8-19-37-30-12-5-4-11-29(30)35-33(37)26-9-7-18-36(23-26)32(38)22-27(34)21-24-14-16-25(17-15-24)28-10-3-6-13-31(28)40-2/h3-6,10-17,26-27H,7-9,18-23,34H2,1-2H3/t26-,27-/m1/s1. The van der Waals surface area contributed by atoms with E-state index in [4.69, 9.17) is 20.2 Å². The lowest BCUT2D eigenvalue weighted by Gasteiger charge is -2.33.